The van der Waals surface area contributed by atoms with Gasteiger partial charge in [-0.1, -0.05) is 6.07 Å². The Morgan fingerprint density at radius 2 is 2.12 bits per heavy atom. The molecule has 2 aromatic rings. The molecule has 2 rings (SSSR count). The monoisotopic (exact) mass is 212 g/mol. The molecule has 0 saturated heterocycles. The molecule has 1 aromatic heterocycles. The zero-order valence-electron chi connectivity index (χ0n) is 8.74. The highest BCUT2D eigenvalue weighted by atomic mass is 19.1. The third-order valence-corrected chi connectivity index (χ3v) is 2.41. The molecule has 1 aromatic carbocycles. The Labute approximate surface area is 93.0 Å². The molecule has 0 saturated carbocycles. The smallest absolute Gasteiger partial charge is 0.126 e. The van der Waals surface area contributed by atoms with Crippen molar-refractivity contribution in [3.8, 4) is 17.2 Å². The Morgan fingerprint density at radius 1 is 1.31 bits per heavy atom. The summed E-state index contributed by atoms with van der Waals surface area (Å²) in [5, 5.41) is 8.94. The molecular formula is C13H9FN2. The summed E-state index contributed by atoms with van der Waals surface area (Å²) < 4.78 is 13.1. The molecule has 16 heavy (non-hydrogen) atoms. The molecule has 0 radical (unpaired) electrons. The number of benzene rings is 1. The number of nitriles is 1. The van der Waals surface area contributed by atoms with E-state index in [2.05, 4.69) is 11.1 Å². The van der Waals surface area contributed by atoms with E-state index in [-0.39, 0.29) is 5.82 Å². The van der Waals surface area contributed by atoms with Crippen LogP contribution >= 0.6 is 0 Å². The second-order valence-electron chi connectivity index (χ2n) is 3.50. The molecule has 0 fully saturated rings. The van der Waals surface area contributed by atoms with Gasteiger partial charge in [0, 0.05) is 18.0 Å². The third kappa shape index (κ3) is 1.78. The van der Waals surface area contributed by atoms with Gasteiger partial charge < -0.3 is 0 Å². The fraction of sp³-hybridized carbons (Fsp3) is 0.0769. The number of hydrogen-bond acceptors (Lipinski definition) is 2. The Kier molecular flexibility index (Phi) is 2.65. The highest BCUT2D eigenvalue weighted by Gasteiger charge is 2.06. The maximum absolute atomic E-state index is 13.1. The molecular weight excluding hydrogens is 203 g/mol. The van der Waals surface area contributed by atoms with E-state index in [1.165, 1.54) is 12.3 Å². The van der Waals surface area contributed by atoms with Crippen molar-refractivity contribution in [1.29, 1.82) is 5.26 Å². The molecule has 3 heteroatoms. The van der Waals surface area contributed by atoms with Crippen LogP contribution in [0.3, 0.4) is 0 Å². The van der Waals surface area contributed by atoms with E-state index in [0.717, 1.165) is 11.1 Å². The Balaban J connectivity index is 2.60. The topological polar surface area (TPSA) is 36.7 Å². The van der Waals surface area contributed by atoms with Crippen LogP contribution in [0.25, 0.3) is 11.1 Å². The van der Waals surface area contributed by atoms with Crippen molar-refractivity contribution in [3.63, 3.8) is 0 Å². The van der Waals surface area contributed by atoms with Crippen molar-refractivity contribution in [2.45, 2.75) is 6.92 Å². The van der Waals surface area contributed by atoms with Crippen LogP contribution in [-0.2, 0) is 0 Å². The molecule has 0 bridgehead atoms. The van der Waals surface area contributed by atoms with Crippen molar-refractivity contribution in [3.05, 3.63) is 53.6 Å². The van der Waals surface area contributed by atoms with E-state index in [1.54, 1.807) is 31.3 Å². The highest BCUT2D eigenvalue weighted by Crippen LogP contribution is 2.24. The number of aryl methyl sites for hydroxylation is 1. The maximum Gasteiger partial charge on any atom is 0.126 e. The van der Waals surface area contributed by atoms with Gasteiger partial charge in [0.05, 0.1) is 5.56 Å². The Bertz CT molecular complexity index is 570. The molecule has 0 unspecified atom stereocenters. The summed E-state index contributed by atoms with van der Waals surface area (Å²) in [6, 6.07) is 8.63. The zero-order valence-corrected chi connectivity index (χ0v) is 8.74. The summed E-state index contributed by atoms with van der Waals surface area (Å²) in [6.07, 6.45) is 3.13. The summed E-state index contributed by atoms with van der Waals surface area (Å²) in [5.41, 5.74) is 2.67. The fourth-order valence-electron chi connectivity index (χ4n) is 1.55. The quantitative estimate of drug-likeness (QED) is 0.728. The van der Waals surface area contributed by atoms with Gasteiger partial charge in [0.2, 0.25) is 0 Å². The van der Waals surface area contributed by atoms with Gasteiger partial charge in [0.15, 0.2) is 0 Å². The molecule has 0 amide bonds. The minimum Gasteiger partial charge on any atom is -0.263 e. The van der Waals surface area contributed by atoms with Crippen molar-refractivity contribution >= 4 is 0 Å². The first-order valence-electron chi connectivity index (χ1n) is 4.83. The van der Waals surface area contributed by atoms with E-state index >= 15 is 0 Å². The predicted molar refractivity (Wildman–Crippen MR) is 59.1 cm³/mol. The first-order chi connectivity index (χ1) is 7.72. The Hall–Kier alpha value is -2.21. The Morgan fingerprint density at radius 3 is 2.81 bits per heavy atom. The largest absolute Gasteiger partial charge is 0.263 e. The first kappa shape index (κ1) is 10.3. The second kappa shape index (κ2) is 4.11. The van der Waals surface area contributed by atoms with Crippen LogP contribution < -0.4 is 0 Å². The minimum absolute atomic E-state index is 0.240. The summed E-state index contributed by atoms with van der Waals surface area (Å²) in [6.45, 7) is 1.70. The number of nitrogens with zero attached hydrogens (tertiary/aromatic N) is 2. The lowest BCUT2D eigenvalue weighted by Crippen LogP contribution is -1.88. The van der Waals surface area contributed by atoms with Crippen LogP contribution in [0, 0.1) is 24.1 Å². The van der Waals surface area contributed by atoms with Crippen LogP contribution in [-0.4, -0.2) is 4.98 Å². The van der Waals surface area contributed by atoms with Crippen molar-refractivity contribution in [2.24, 2.45) is 0 Å². The molecule has 0 aliphatic heterocycles. The zero-order chi connectivity index (χ0) is 11.5. The highest BCUT2D eigenvalue weighted by molar-refractivity contribution is 5.70. The molecule has 0 spiro atoms. The van der Waals surface area contributed by atoms with Gasteiger partial charge in [0.25, 0.3) is 0 Å². The van der Waals surface area contributed by atoms with Crippen molar-refractivity contribution < 1.29 is 4.39 Å². The lowest BCUT2D eigenvalue weighted by molar-refractivity contribution is 0.619. The molecule has 0 aliphatic carbocycles. The minimum atomic E-state index is -0.240. The van der Waals surface area contributed by atoms with E-state index in [0.29, 0.717) is 11.1 Å². The lowest BCUT2D eigenvalue weighted by atomic mass is 10.0. The summed E-state index contributed by atoms with van der Waals surface area (Å²) in [5.74, 6) is -0.240. The van der Waals surface area contributed by atoms with Crippen LogP contribution in [0.2, 0.25) is 0 Å². The summed E-state index contributed by atoms with van der Waals surface area (Å²) in [4.78, 5) is 3.89. The molecule has 78 valence electrons. The van der Waals surface area contributed by atoms with Gasteiger partial charge in [-0.3, -0.25) is 4.98 Å². The molecule has 1 heterocycles. The predicted octanol–water partition coefficient (Wildman–Crippen LogP) is 3.07. The van der Waals surface area contributed by atoms with Gasteiger partial charge in [0.1, 0.15) is 11.9 Å². The number of halogens is 1. The average Bonchev–Trinajstić information content (AvgIpc) is 2.32. The van der Waals surface area contributed by atoms with E-state index in [4.69, 9.17) is 5.26 Å². The van der Waals surface area contributed by atoms with Crippen LogP contribution in [0.15, 0.2) is 36.7 Å². The standard InChI is InChI=1S/C13H9FN2/c1-9-6-10(2-3-13(9)14)12-4-5-16-8-11(12)7-15/h2-6,8H,1H3. The maximum atomic E-state index is 13.1. The number of hydrogen-bond donors (Lipinski definition) is 0. The summed E-state index contributed by atoms with van der Waals surface area (Å²) >= 11 is 0. The van der Waals surface area contributed by atoms with Gasteiger partial charge in [-0.15, -0.1) is 0 Å². The summed E-state index contributed by atoms with van der Waals surface area (Å²) in [7, 11) is 0. The molecule has 0 N–H and O–H groups in total. The van der Waals surface area contributed by atoms with Crippen LogP contribution in [0.5, 0.6) is 0 Å². The van der Waals surface area contributed by atoms with E-state index in [1.807, 2.05) is 0 Å². The molecule has 0 atom stereocenters. The van der Waals surface area contributed by atoms with Gasteiger partial charge >= 0.3 is 0 Å². The third-order valence-electron chi connectivity index (χ3n) is 2.41. The molecule has 0 aliphatic rings. The number of pyridine rings is 1. The van der Waals surface area contributed by atoms with Gasteiger partial charge in [-0.25, -0.2) is 4.39 Å². The van der Waals surface area contributed by atoms with Crippen molar-refractivity contribution in [2.75, 3.05) is 0 Å². The second-order valence-corrected chi connectivity index (χ2v) is 3.50. The van der Waals surface area contributed by atoms with Crippen molar-refractivity contribution in [1.82, 2.24) is 4.98 Å². The van der Waals surface area contributed by atoms with Crippen LogP contribution in [0.1, 0.15) is 11.1 Å². The van der Waals surface area contributed by atoms with Gasteiger partial charge in [-0.05, 0) is 36.2 Å². The number of rotatable bonds is 1. The first-order valence-corrected chi connectivity index (χ1v) is 4.83. The molecule has 2 nitrogen and oxygen atoms in total. The van der Waals surface area contributed by atoms with E-state index in [9.17, 15) is 4.39 Å². The average molecular weight is 212 g/mol. The van der Waals surface area contributed by atoms with Crippen LogP contribution in [0.4, 0.5) is 4.39 Å². The fourth-order valence-corrected chi connectivity index (χ4v) is 1.55. The van der Waals surface area contributed by atoms with Gasteiger partial charge in [-0.2, -0.15) is 5.26 Å². The lowest BCUT2D eigenvalue weighted by Gasteiger charge is -2.05. The van der Waals surface area contributed by atoms with E-state index < -0.39 is 0 Å². The SMILES string of the molecule is Cc1cc(-c2ccncc2C#N)ccc1F. The number of aromatic nitrogens is 1. The normalized spacial score (nSPS) is 9.81.